The molecule has 0 aromatic heterocycles. The summed E-state index contributed by atoms with van der Waals surface area (Å²) in [5.41, 5.74) is 0. The summed E-state index contributed by atoms with van der Waals surface area (Å²) in [6.07, 6.45) is 0. The second kappa shape index (κ2) is 3.01. The van der Waals surface area contributed by atoms with Gasteiger partial charge in [-0.2, -0.15) is 16.8 Å². The number of hydrogen-bond donors (Lipinski definition) is 0. The van der Waals surface area contributed by atoms with Gasteiger partial charge in [0.2, 0.25) is 0 Å². The normalized spacial score (nSPS) is 13.4. The summed E-state index contributed by atoms with van der Waals surface area (Å²) in [6, 6.07) is 0. The summed E-state index contributed by atoms with van der Waals surface area (Å²) in [5.74, 6) is 0. The molecule has 6 nitrogen and oxygen atoms in total. The highest BCUT2D eigenvalue weighted by atomic mass is 35.7. The molecule has 0 spiro atoms. The molecule has 0 rings (SSSR count). The Hall–Kier alpha value is 0.110. The smallest absolute Gasteiger partial charge is 0.251 e. The van der Waals surface area contributed by atoms with E-state index in [0.29, 0.717) is 0 Å². The number of hydrogen-bond acceptors (Lipinski definition) is 6. The summed E-state index contributed by atoms with van der Waals surface area (Å²) in [4.78, 5) is 0. The van der Waals surface area contributed by atoms with Crippen molar-refractivity contribution in [2.75, 3.05) is 7.11 Å². The Balaban J connectivity index is 4.49. The highest BCUT2D eigenvalue weighted by Crippen LogP contribution is 2.05. The van der Waals surface area contributed by atoms with Crippen molar-refractivity contribution < 1.29 is 24.6 Å². The highest BCUT2D eigenvalue weighted by molar-refractivity contribution is 8.14. The van der Waals surface area contributed by atoms with Crippen molar-refractivity contribution >= 4 is 30.4 Å². The maximum Gasteiger partial charge on any atom is 0.415 e. The monoisotopic (exact) mass is 210 g/mol. The number of rotatable bonds is 3. The van der Waals surface area contributed by atoms with Gasteiger partial charge in [0.15, 0.2) is 0 Å². The van der Waals surface area contributed by atoms with Gasteiger partial charge in [0.25, 0.3) is 0 Å². The zero-order valence-electron chi connectivity index (χ0n) is 4.64. The molecule has 0 aromatic carbocycles. The molecule has 0 bridgehead atoms. The Labute approximate surface area is 62.7 Å². The van der Waals surface area contributed by atoms with Crippen LogP contribution in [0.25, 0.3) is 0 Å². The summed E-state index contributed by atoms with van der Waals surface area (Å²) in [7, 11) is -3.91. The summed E-state index contributed by atoms with van der Waals surface area (Å²) in [5, 5.41) is 0. The Morgan fingerprint density at radius 3 is 1.70 bits per heavy atom. The lowest BCUT2D eigenvalue weighted by Gasteiger charge is -1.95. The van der Waals surface area contributed by atoms with Crippen molar-refractivity contribution in [1.82, 2.24) is 0 Å². The van der Waals surface area contributed by atoms with Crippen LogP contribution in [0.15, 0.2) is 0 Å². The Bertz CT molecular complexity index is 284. The van der Waals surface area contributed by atoms with Crippen LogP contribution in [0.2, 0.25) is 0 Å². The molecule has 9 heteroatoms. The minimum absolute atomic E-state index is 0.734. The Morgan fingerprint density at radius 2 is 1.60 bits per heavy atom. The molecule has 0 N–H and O–H groups in total. The van der Waals surface area contributed by atoms with E-state index in [9.17, 15) is 16.8 Å². The van der Waals surface area contributed by atoms with Crippen LogP contribution in [0.5, 0.6) is 0 Å². The maximum absolute atomic E-state index is 10.1. The van der Waals surface area contributed by atoms with Gasteiger partial charge in [0.05, 0.1) is 17.8 Å². The molecule has 0 aliphatic rings. The van der Waals surface area contributed by atoms with E-state index >= 15 is 0 Å². The van der Waals surface area contributed by atoms with Crippen LogP contribution in [0.1, 0.15) is 0 Å². The lowest BCUT2D eigenvalue weighted by molar-refractivity contribution is 0.333. The van der Waals surface area contributed by atoms with Crippen LogP contribution in [-0.2, 0) is 27.5 Å². The molecule has 0 saturated carbocycles. The fourth-order valence-electron chi connectivity index (χ4n) is 0.127. The second-order valence-electron chi connectivity index (χ2n) is 1.04. The van der Waals surface area contributed by atoms with E-state index in [1.165, 1.54) is 0 Å². The fraction of sp³-hybridized carbons (Fsp3) is 1.00. The van der Waals surface area contributed by atoms with Crippen LogP contribution in [0.3, 0.4) is 0 Å². The third kappa shape index (κ3) is 4.94. The molecule has 0 aliphatic carbocycles. The quantitative estimate of drug-likeness (QED) is 0.577. The third-order valence-corrected chi connectivity index (χ3v) is 2.56. The molecule has 0 atom stereocenters. The molecule has 0 aromatic rings. The first-order valence-corrected chi connectivity index (χ1v) is 5.30. The maximum atomic E-state index is 10.1. The molecule has 0 unspecified atom stereocenters. The lowest BCUT2D eigenvalue weighted by Crippen LogP contribution is -2.09. The van der Waals surface area contributed by atoms with Crippen molar-refractivity contribution in [1.29, 1.82) is 0 Å². The van der Waals surface area contributed by atoms with Gasteiger partial charge in [-0.15, -0.1) is 3.63 Å². The van der Waals surface area contributed by atoms with Gasteiger partial charge in [0, 0.05) is 0 Å². The average Bonchev–Trinajstić information content (AvgIpc) is 1.60. The molecule has 0 fully saturated rings. The van der Waals surface area contributed by atoms with Gasteiger partial charge in [-0.1, -0.05) is 0 Å². The van der Waals surface area contributed by atoms with Crippen molar-refractivity contribution in [3.63, 3.8) is 0 Å². The molecule has 10 heavy (non-hydrogen) atoms. The summed E-state index contributed by atoms with van der Waals surface area (Å²) < 4.78 is 46.9. The largest absolute Gasteiger partial charge is 0.415 e. The van der Waals surface area contributed by atoms with E-state index < -0.39 is 19.7 Å². The molecule has 0 saturated heterocycles. The molecular weight excluding hydrogens is 208 g/mol. The first kappa shape index (κ1) is 10.1. The Kier molecular flexibility index (Phi) is 3.04. The third-order valence-electron chi connectivity index (χ3n) is 0.369. The summed E-state index contributed by atoms with van der Waals surface area (Å²) >= 11 is 0. The molecule has 0 radical (unpaired) electrons. The molecule has 0 heterocycles. The van der Waals surface area contributed by atoms with E-state index in [2.05, 4.69) is 18.5 Å². The minimum atomic E-state index is -4.53. The fourth-order valence-corrected chi connectivity index (χ4v) is 1.71. The van der Waals surface area contributed by atoms with E-state index in [4.69, 9.17) is 0 Å². The number of halogens is 1. The zero-order chi connectivity index (χ0) is 8.41. The van der Waals surface area contributed by atoms with Crippen LogP contribution in [0, 0.1) is 0 Å². The molecule has 62 valence electrons. The van der Waals surface area contributed by atoms with Gasteiger partial charge in [-0.25, -0.2) is 0 Å². The SMILES string of the molecule is COS(=O)(=O)OS(=O)(=O)Cl. The lowest BCUT2D eigenvalue weighted by atomic mass is 11.8. The van der Waals surface area contributed by atoms with E-state index in [0.717, 1.165) is 7.11 Å². The second-order valence-corrected chi connectivity index (χ2v) is 4.65. The van der Waals surface area contributed by atoms with Gasteiger partial charge in [0.1, 0.15) is 0 Å². The standard InChI is InChI=1S/CH3ClO6S2/c1-7-10(5,6)8-9(2,3)4/h1H3. The Morgan fingerprint density at radius 1 is 1.20 bits per heavy atom. The van der Waals surface area contributed by atoms with E-state index in [1.54, 1.807) is 0 Å². The van der Waals surface area contributed by atoms with Crippen molar-refractivity contribution in [2.45, 2.75) is 0 Å². The first-order valence-electron chi connectivity index (χ1n) is 1.73. The van der Waals surface area contributed by atoms with Gasteiger partial charge in [-0.3, -0.25) is 4.18 Å². The predicted octanol–water partition coefficient (Wildman–Crippen LogP) is -0.622. The van der Waals surface area contributed by atoms with E-state index in [1.807, 2.05) is 0 Å². The highest BCUT2D eigenvalue weighted by Gasteiger charge is 2.19. The van der Waals surface area contributed by atoms with Crippen molar-refractivity contribution in [3.05, 3.63) is 0 Å². The van der Waals surface area contributed by atoms with Gasteiger partial charge < -0.3 is 0 Å². The minimum Gasteiger partial charge on any atom is -0.251 e. The van der Waals surface area contributed by atoms with Gasteiger partial charge >= 0.3 is 19.7 Å². The van der Waals surface area contributed by atoms with Crippen molar-refractivity contribution in [3.8, 4) is 0 Å². The van der Waals surface area contributed by atoms with Crippen LogP contribution >= 0.6 is 10.7 Å². The van der Waals surface area contributed by atoms with Crippen LogP contribution in [-0.4, -0.2) is 23.9 Å². The molecule has 0 aliphatic heterocycles. The van der Waals surface area contributed by atoms with Crippen LogP contribution < -0.4 is 0 Å². The predicted molar refractivity (Wildman–Crippen MR) is 31.8 cm³/mol. The topological polar surface area (TPSA) is 86.7 Å². The average molecular weight is 211 g/mol. The zero-order valence-corrected chi connectivity index (χ0v) is 7.03. The molecular formula is CH3ClO6S2. The first-order chi connectivity index (χ1) is 4.27. The van der Waals surface area contributed by atoms with Gasteiger partial charge in [-0.05, 0) is 0 Å². The summed E-state index contributed by atoms with van der Waals surface area (Å²) in [6.45, 7) is 0. The van der Waals surface area contributed by atoms with Crippen molar-refractivity contribution in [2.24, 2.45) is 0 Å². The van der Waals surface area contributed by atoms with Crippen LogP contribution in [0.4, 0.5) is 0 Å². The molecule has 0 amide bonds. The van der Waals surface area contributed by atoms with E-state index in [-0.39, 0.29) is 0 Å².